The molecule has 0 bridgehead atoms. The van der Waals surface area contributed by atoms with Crippen LogP contribution in [-0.2, 0) is 4.79 Å². The first-order chi connectivity index (χ1) is 14.0. The van der Waals surface area contributed by atoms with Crippen LogP contribution in [0.3, 0.4) is 0 Å². The molecule has 3 aromatic rings. The molecule has 0 aliphatic carbocycles. The van der Waals surface area contributed by atoms with Crippen LogP contribution in [0.1, 0.15) is 18.7 Å². The Labute approximate surface area is 169 Å². The molecule has 1 aromatic heterocycles. The van der Waals surface area contributed by atoms with Crippen molar-refractivity contribution >= 4 is 28.2 Å². The number of aryl methyl sites for hydroxylation is 1. The lowest BCUT2D eigenvalue weighted by molar-refractivity contribution is -0.121. The molecule has 152 valence electrons. The first-order valence-corrected chi connectivity index (χ1v) is 9.44. The van der Waals surface area contributed by atoms with Gasteiger partial charge in [-0.2, -0.15) is 0 Å². The van der Waals surface area contributed by atoms with Gasteiger partial charge in [-0.1, -0.05) is 12.1 Å². The summed E-state index contributed by atoms with van der Waals surface area (Å²) in [6, 6.07) is 13.6. The van der Waals surface area contributed by atoms with E-state index in [4.69, 9.17) is 14.6 Å². The summed E-state index contributed by atoms with van der Waals surface area (Å²) in [5.41, 5.74) is 1.77. The Bertz CT molecular complexity index is 1010. The summed E-state index contributed by atoms with van der Waals surface area (Å²) in [5.74, 6) is 2.50. The fraction of sp³-hybridized carbons (Fsp3) is 0.318. The molecule has 0 fully saturated rings. The number of nitrogens with zero attached hydrogens (tertiary/aromatic N) is 3. The number of fused-ring (bicyclic) bond motifs is 1. The molecule has 2 aromatic carbocycles. The molecular weight excluding hydrogens is 370 g/mol. The zero-order valence-electron chi connectivity index (χ0n) is 16.9. The second-order valence-corrected chi connectivity index (χ2v) is 6.65. The Morgan fingerprint density at radius 1 is 1.14 bits per heavy atom. The minimum Gasteiger partial charge on any atom is -0.493 e. The van der Waals surface area contributed by atoms with Gasteiger partial charge in [0.25, 0.3) is 0 Å². The van der Waals surface area contributed by atoms with Crippen molar-refractivity contribution in [3.63, 3.8) is 0 Å². The highest BCUT2D eigenvalue weighted by Crippen LogP contribution is 2.35. The van der Waals surface area contributed by atoms with Crippen LogP contribution in [-0.4, -0.2) is 48.2 Å². The molecule has 0 atom stereocenters. The fourth-order valence-corrected chi connectivity index (χ4v) is 3.07. The summed E-state index contributed by atoms with van der Waals surface area (Å²) < 4.78 is 11.2. The summed E-state index contributed by atoms with van der Waals surface area (Å²) >= 11 is 0. The summed E-state index contributed by atoms with van der Waals surface area (Å²) in [7, 11) is 3.53. The summed E-state index contributed by atoms with van der Waals surface area (Å²) in [6.45, 7) is 1.79. The molecule has 0 amide bonds. The van der Waals surface area contributed by atoms with Crippen LogP contribution < -0.4 is 14.4 Å². The SMILES string of the molecule is COc1ccc(N(C)c2nc(C)nc3ccccc23)cc1OCCCC(=O)CO. The zero-order valence-corrected chi connectivity index (χ0v) is 16.9. The standard InChI is InChI=1S/C22H25N3O4/c1-15-23-19-9-5-4-8-18(19)22(24-15)25(2)16-10-11-20(28-3)21(13-16)29-12-6-7-17(27)14-26/h4-5,8-11,13,26H,6-7,12,14H2,1-3H3. The molecule has 0 saturated heterocycles. The van der Waals surface area contributed by atoms with Gasteiger partial charge in [0.1, 0.15) is 18.2 Å². The Kier molecular flexibility index (Phi) is 6.61. The Balaban J connectivity index is 1.86. The van der Waals surface area contributed by atoms with Crippen molar-refractivity contribution in [1.29, 1.82) is 0 Å². The quantitative estimate of drug-likeness (QED) is 0.556. The number of hydrogen-bond donors (Lipinski definition) is 1. The molecule has 1 heterocycles. The van der Waals surface area contributed by atoms with Crippen molar-refractivity contribution in [2.24, 2.45) is 0 Å². The first kappa shape index (κ1) is 20.5. The second-order valence-electron chi connectivity index (χ2n) is 6.65. The Hall–Kier alpha value is -3.19. The van der Waals surface area contributed by atoms with Crippen molar-refractivity contribution in [1.82, 2.24) is 9.97 Å². The van der Waals surface area contributed by atoms with Crippen LogP contribution in [0.15, 0.2) is 42.5 Å². The second kappa shape index (κ2) is 9.34. The third-order valence-electron chi connectivity index (χ3n) is 4.58. The number of rotatable bonds is 9. The van der Waals surface area contributed by atoms with Gasteiger partial charge in [0.2, 0.25) is 0 Å². The lowest BCUT2D eigenvalue weighted by Gasteiger charge is -2.22. The van der Waals surface area contributed by atoms with E-state index >= 15 is 0 Å². The third kappa shape index (κ3) is 4.81. The molecule has 3 rings (SSSR count). The molecule has 0 spiro atoms. The molecule has 7 nitrogen and oxygen atoms in total. The maximum Gasteiger partial charge on any atom is 0.163 e. The molecule has 0 aliphatic rings. The van der Waals surface area contributed by atoms with E-state index < -0.39 is 6.61 Å². The summed E-state index contributed by atoms with van der Waals surface area (Å²) in [4.78, 5) is 22.4. The highest BCUT2D eigenvalue weighted by molar-refractivity contribution is 5.91. The predicted octanol–water partition coefficient (Wildman–Crippen LogP) is 3.44. The molecule has 7 heteroatoms. The highest BCUT2D eigenvalue weighted by Gasteiger charge is 2.14. The normalized spacial score (nSPS) is 10.8. The average Bonchev–Trinajstić information content (AvgIpc) is 2.75. The van der Waals surface area contributed by atoms with Gasteiger partial charge in [0, 0.05) is 30.6 Å². The van der Waals surface area contributed by atoms with Crippen LogP contribution in [0.5, 0.6) is 11.5 Å². The number of hydrogen-bond acceptors (Lipinski definition) is 7. The smallest absolute Gasteiger partial charge is 0.163 e. The molecule has 0 aliphatic heterocycles. The van der Waals surface area contributed by atoms with Gasteiger partial charge in [0.05, 0.1) is 19.2 Å². The van der Waals surface area contributed by atoms with E-state index in [-0.39, 0.29) is 12.2 Å². The van der Waals surface area contributed by atoms with Gasteiger partial charge in [-0.3, -0.25) is 4.79 Å². The minimum absolute atomic E-state index is 0.194. The van der Waals surface area contributed by atoms with Gasteiger partial charge in [-0.25, -0.2) is 9.97 Å². The number of ketones is 1. The molecule has 0 radical (unpaired) electrons. The van der Waals surface area contributed by atoms with E-state index in [0.717, 1.165) is 22.4 Å². The number of aliphatic hydroxyl groups excluding tert-OH is 1. The van der Waals surface area contributed by atoms with Crippen LogP contribution in [0.4, 0.5) is 11.5 Å². The third-order valence-corrected chi connectivity index (χ3v) is 4.58. The number of para-hydroxylation sites is 1. The van der Waals surface area contributed by atoms with E-state index in [0.29, 0.717) is 30.4 Å². The van der Waals surface area contributed by atoms with Gasteiger partial charge in [0.15, 0.2) is 17.3 Å². The summed E-state index contributed by atoms with van der Waals surface area (Å²) in [5, 5.41) is 9.77. The van der Waals surface area contributed by atoms with E-state index in [2.05, 4.69) is 9.97 Å². The predicted molar refractivity (Wildman–Crippen MR) is 112 cm³/mol. The van der Waals surface area contributed by atoms with Crippen molar-refractivity contribution in [3.8, 4) is 11.5 Å². The zero-order chi connectivity index (χ0) is 20.8. The van der Waals surface area contributed by atoms with Crippen molar-refractivity contribution < 1.29 is 19.4 Å². The van der Waals surface area contributed by atoms with Gasteiger partial charge < -0.3 is 19.5 Å². The number of anilines is 2. The number of Topliss-reactive ketones (excluding diaryl/α,β-unsaturated/α-hetero) is 1. The molecule has 29 heavy (non-hydrogen) atoms. The number of aliphatic hydroxyl groups is 1. The monoisotopic (exact) mass is 395 g/mol. The van der Waals surface area contributed by atoms with Crippen molar-refractivity contribution in [2.45, 2.75) is 19.8 Å². The van der Waals surface area contributed by atoms with E-state index in [1.165, 1.54) is 0 Å². The van der Waals surface area contributed by atoms with Crippen LogP contribution >= 0.6 is 0 Å². The topological polar surface area (TPSA) is 84.8 Å². The van der Waals surface area contributed by atoms with Gasteiger partial charge >= 0.3 is 0 Å². The van der Waals surface area contributed by atoms with Crippen molar-refractivity contribution in [2.75, 3.05) is 32.3 Å². The number of ether oxygens (including phenoxy) is 2. The van der Waals surface area contributed by atoms with E-state index in [9.17, 15) is 4.79 Å². The number of carbonyl (C=O) groups is 1. The van der Waals surface area contributed by atoms with Gasteiger partial charge in [-0.15, -0.1) is 0 Å². The number of benzene rings is 2. The van der Waals surface area contributed by atoms with E-state index in [1.807, 2.05) is 61.3 Å². The molecule has 0 saturated carbocycles. The first-order valence-electron chi connectivity index (χ1n) is 9.44. The average molecular weight is 395 g/mol. The van der Waals surface area contributed by atoms with Crippen LogP contribution in [0, 0.1) is 6.92 Å². The lowest BCUT2D eigenvalue weighted by atomic mass is 10.2. The Morgan fingerprint density at radius 3 is 2.69 bits per heavy atom. The lowest BCUT2D eigenvalue weighted by Crippen LogP contribution is -2.13. The van der Waals surface area contributed by atoms with Crippen LogP contribution in [0.25, 0.3) is 10.9 Å². The molecule has 1 N–H and O–H groups in total. The number of methoxy groups -OCH3 is 1. The minimum atomic E-state index is -0.435. The summed E-state index contributed by atoms with van der Waals surface area (Å²) in [6.07, 6.45) is 0.808. The fourth-order valence-electron chi connectivity index (χ4n) is 3.07. The van der Waals surface area contributed by atoms with E-state index in [1.54, 1.807) is 7.11 Å². The van der Waals surface area contributed by atoms with Crippen LogP contribution in [0.2, 0.25) is 0 Å². The number of carbonyl (C=O) groups excluding carboxylic acids is 1. The molecular formula is C22H25N3O4. The highest BCUT2D eigenvalue weighted by atomic mass is 16.5. The number of aromatic nitrogens is 2. The maximum atomic E-state index is 11.2. The van der Waals surface area contributed by atoms with Gasteiger partial charge in [-0.05, 0) is 37.6 Å². The maximum absolute atomic E-state index is 11.2. The van der Waals surface area contributed by atoms with Crippen molar-refractivity contribution in [3.05, 3.63) is 48.3 Å². The largest absolute Gasteiger partial charge is 0.493 e. The Morgan fingerprint density at radius 2 is 1.93 bits per heavy atom. The molecule has 0 unspecified atom stereocenters.